The van der Waals surface area contributed by atoms with Gasteiger partial charge in [-0.3, -0.25) is 9.59 Å². The minimum Gasteiger partial charge on any atom is -0.480 e. The van der Waals surface area contributed by atoms with Crippen LogP contribution in [0.5, 0.6) is 0 Å². The Morgan fingerprint density at radius 1 is 1.38 bits per heavy atom. The maximum Gasteiger partial charge on any atom is 0.451 e. The fourth-order valence-electron chi connectivity index (χ4n) is 2.98. The van der Waals surface area contributed by atoms with Crippen molar-refractivity contribution in [3.63, 3.8) is 0 Å². The number of carboxylic acids is 1. The number of carbonyl (C=O) groups excluding carboxylic acids is 1. The Morgan fingerprint density at radius 3 is 2.58 bits per heavy atom. The molecule has 0 radical (unpaired) electrons. The molecule has 0 aromatic rings. The van der Waals surface area contributed by atoms with E-state index in [0.29, 0.717) is 32.2 Å². The van der Waals surface area contributed by atoms with E-state index >= 15 is 0 Å². The zero-order valence-electron chi connectivity index (χ0n) is 14.5. The first kappa shape index (κ1) is 21.0. The molecule has 0 spiro atoms. The van der Waals surface area contributed by atoms with Crippen LogP contribution in [0.25, 0.3) is 0 Å². The minimum absolute atomic E-state index is 0.0704. The first-order valence-electron chi connectivity index (χ1n) is 8.54. The molecule has 1 aliphatic rings. The van der Waals surface area contributed by atoms with Gasteiger partial charge in [0, 0.05) is 12.6 Å². The van der Waals surface area contributed by atoms with Crippen LogP contribution in [0.3, 0.4) is 0 Å². The minimum atomic E-state index is -1.35. The molecule has 1 unspecified atom stereocenters. The Morgan fingerprint density at radius 2 is 2.04 bits per heavy atom. The van der Waals surface area contributed by atoms with Crippen LogP contribution in [0.1, 0.15) is 39.5 Å². The summed E-state index contributed by atoms with van der Waals surface area (Å²) < 4.78 is 0. The van der Waals surface area contributed by atoms with E-state index in [-0.39, 0.29) is 30.6 Å². The predicted molar refractivity (Wildman–Crippen MR) is 91.4 cm³/mol. The van der Waals surface area contributed by atoms with Crippen molar-refractivity contribution in [3.05, 3.63) is 0 Å². The van der Waals surface area contributed by atoms with E-state index < -0.39 is 24.7 Å². The molecule has 3 atom stereocenters. The molecular formula is C15H30BN3O5. The zero-order chi connectivity index (χ0) is 18.3. The molecule has 138 valence electrons. The molecule has 0 aliphatic carbocycles. The molecule has 7 N–H and O–H groups in total. The van der Waals surface area contributed by atoms with Gasteiger partial charge in [-0.25, -0.2) is 0 Å². The van der Waals surface area contributed by atoms with Crippen molar-refractivity contribution < 1.29 is 24.7 Å². The number of carboxylic acid groups (broad SMARTS) is 1. The Labute approximate surface area is 143 Å². The van der Waals surface area contributed by atoms with Crippen molar-refractivity contribution in [2.24, 2.45) is 11.7 Å². The number of nitrogens with one attached hydrogen (secondary N) is 2. The van der Waals surface area contributed by atoms with Crippen LogP contribution >= 0.6 is 0 Å². The van der Waals surface area contributed by atoms with Crippen molar-refractivity contribution in [1.82, 2.24) is 10.6 Å². The normalized spacial score (nSPS) is 25.0. The highest BCUT2D eigenvalue weighted by Gasteiger charge is 2.44. The van der Waals surface area contributed by atoms with E-state index in [1.54, 1.807) is 0 Å². The van der Waals surface area contributed by atoms with Gasteiger partial charge in [-0.05, 0) is 25.1 Å². The van der Waals surface area contributed by atoms with Crippen molar-refractivity contribution in [1.29, 1.82) is 0 Å². The summed E-state index contributed by atoms with van der Waals surface area (Å²) in [4.78, 5) is 23.6. The van der Waals surface area contributed by atoms with Gasteiger partial charge in [0.25, 0.3) is 0 Å². The average Bonchev–Trinajstić information content (AvgIpc) is 2.93. The first-order chi connectivity index (χ1) is 11.2. The molecule has 1 heterocycles. The third-order valence-electron chi connectivity index (χ3n) is 4.66. The summed E-state index contributed by atoms with van der Waals surface area (Å²) in [5.74, 6) is -0.919. The second-order valence-corrected chi connectivity index (χ2v) is 7.01. The number of carbonyl (C=O) groups is 2. The Kier molecular flexibility index (Phi) is 8.31. The van der Waals surface area contributed by atoms with Crippen molar-refractivity contribution >= 4 is 18.9 Å². The topological polar surface area (TPSA) is 145 Å². The Hall–Kier alpha value is -0.995. The molecule has 0 saturated carbocycles. The van der Waals surface area contributed by atoms with Crippen LogP contribution in [0.2, 0.25) is 6.32 Å². The predicted octanol–water partition coefficient (Wildman–Crippen LogP) is -1.04. The number of unbranched alkanes of at least 4 members (excludes halogenated alkanes) is 1. The zero-order valence-corrected chi connectivity index (χ0v) is 14.5. The molecule has 1 aliphatic heterocycles. The lowest BCUT2D eigenvalue weighted by molar-refractivity contribution is -0.144. The SMILES string of the molecule is CC(C)[C@H](N)C(=O)CNC1CN[C@](CCCCB(O)O)(C(=O)O)C1. The molecule has 9 heteroatoms. The number of Topliss-reactive ketones (excluding diaryl/α,β-unsaturated/α-hetero) is 1. The molecule has 0 aromatic carbocycles. The molecule has 1 fully saturated rings. The highest BCUT2D eigenvalue weighted by atomic mass is 16.4. The summed E-state index contributed by atoms with van der Waals surface area (Å²) in [6.07, 6.45) is 2.16. The molecular weight excluding hydrogens is 313 g/mol. The highest BCUT2D eigenvalue weighted by Crippen LogP contribution is 2.26. The summed E-state index contributed by atoms with van der Waals surface area (Å²) >= 11 is 0. The van der Waals surface area contributed by atoms with E-state index in [2.05, 4.69) is 10.6 Å². The lowest BCUT2D eigenvalue weighted by atomic mass is 9.81. The van der Waals surface area contributed by atoms with E-state index in [1.165, 1.54) is 0 Å². The van der Waals surface area contributed by atoms with Crippen LogP contribution in [0.15, 0.2) is 0 Å². The fourth-order valence-corrected chi connectivity index (χ4v) is 2.98. The lowest BCUT2D eigenvalue weighted by Gasteiger charge is -2.25. The first-order valence-corrected chi connectivity index (χ1v) is 8.54. The number of aliphatic carboxylic acids is 1. The summed E-state index contributed by atoms with van der Waals surface area (Å²) in [6, 6.07) is -0.617. The molecule has 0 bridgehead atoms. The van der Waals surface area contributed by atoms with Gasteiger partial charge in [-0.1, -0.05) is 26.7 Å². The van der Waals surface area contributed by atoms with Crippen molar-refractivity contribution in [2.75, 3.05) is 13.1 Å². The second kappa shape index (κ2) is 9.48. The monoisotopic (exact) mass is 343 g/mol. The Bertz CT molecular complexity index is 435. The van der Waals surface area contributed by atoms with Gasteiger partial charge in [-0.2, -0.15) is 0 Å². The molecule has 1 rings (SSSR count). The molecule has 24 heavy (non-hydrogen) atoms. The molecule has 8 nitrogen and oxygen atoms in total. The van der Waals surface area contributed by atoms with Gasteiger partial charge in [0.05, 0.1) is 12.6 Å². The smallest absolute Gasteiger partial charge is 0.451 e. The standard InChI is InChI=1S/C15H30BN3O5/c1-10(2)13(17)12(20)9-18-11-7-15(14(21)22,19-8-11)5-3-4-6-16(23)24/h10-11,13,18-19,23-24H,3-9,17H2,1-2H3,(H,21,22)/t11?,13-,15-/m0/s1. The molecule has 0 aromatic heterocycles. The highest BCUT2D eigenvalue weighted by molar-refractivity contribution is 6.40. The number of hydrogen-bond acceptors (Lipinski definition) is 7. The van der Waals surface area contributed by atoms with E-state index in [1.807, 2.05) is 13.8 Å². The third-order valence-corrected chi connectivity index (χ3v) is 4.66. The van der Waals surface area contributed by atoms with Gasteiger partial charge in [-0.15, -0.1) is 0 Å². The summed E-state index contributed by atoms with van der Waals surface area (Å²) in [6.45, 7) is 4.38. The third kappa shape index (κ3) is 6.14. The summed E-state index contributed by atoms with van der Waals surface area (Å²) in [5, 5.41) is 33.4. The van der Waals surface area contributed by atoms with Gasteiger partial charge in [0.2, 0.25) is 0 Å². The van der Waals surface area contributed by atoms with E-state index in [9.17, 15) is 14.7 Å². The number of rotatable bonds is 11. The number of nitrogens with two attached hydrogens (primary N) is 1. The van der Waals surface area contributed by atoms with Gasteiger partial charge in [0.15, 0.2) is 5.78 Å². The largest absolute Gasteiger partial charge is 0.480 e. The van der Waals surface area contributed by atoms with Gasteiger partial charge in [0.1, 0.15) is 5.54 Å². The summed E-state index contributed by atoms with van der Waals surface area (Å²) in [5.41, 5.74) is 4.79. The fraction of sp³-hybridized carbons (Fsp3) is 0.867. The maximum atomic E-state index is 11.9. The molecule has 1 saturated heterocycles. The van der Waals surface area contributed by atoms with Crippen LogP contribution in [-0.2, 0) is 9.59 Å². The van der Waals surface area contributed by atoms with Gasteiger partial charge < -0.3 is 31.5 Å². The van der Waals surface area contributed by atoms with Gasteiger partial charge >= 0.3 is 13.1 Å². The number of hydrogen-bond donors (Lipinski definition) is 6. The van der Waals surface area contributed by atoms with E-state index in [0.717, 1.165) is 0 Å². The quantitative estimate of drug-likeness (QED) is 0.206. The maximum absolute atomic E-state index is 11.9. The lowest BCUT2D eigenvalue weighted by Crippen LogP contribution is -2.47. The average molecular weight is 343 g/mol. The van der Waals surface area contributed by atoms with Crippen LogP contribution < -0.4 is 16.4 Å². The van der Waals surface area contributed by atoms with Crippen LogP contribution in [0.4, 0.5) is 0 Å². The van der Waals surface area contributed by atoms with Crippen molar-refractivity contribution in [2.45, 2.75) is 63.5 Å². The number of ketones is 1. The Balaban J connectivity index is 2.46. The van der Waals surface area contributed by atoms with E-state index in [4.69, 9.17) is 15.8 Å². The van der Waals surface area contributed by atoms with Crippen molar-refractivity contribution in [3.8, 4) is 0 Å². The molecule has 0 amide bonds. The van der Waals surface area contributed by atoms with Crippen LogP contribution in [-0.4, -0.2) is 64.7 Å². The van der Waals surface area contributed by atoms with Crippen LogP contribution in [0, 0.1) is 5.92 Å². The summed E-state index contributed by atoms with van der Waals surface area (Å²) in [7, 11) is -1.35. The second-order valence-electron chi connectivity index (χ2n) is 7.01.